The molecular weight excluding hydrogens is 252 g/mol. The number of para-hydroxylation sites is 1. The highest BCUT2D eigenvalue weighted by Gasteiger charge is 2.10. The maximum absolute atomic E-state index is 5.58. The predicted octanol–water partition coefficient (Wildman–Crippen LogP) is 3.41. The molecule has 0 fully saturated rings. The van der Waals surface area contributed by atoms with E-state index >= 15 is 0 Å². The monoisotopic (exact) mass is 272 g/mol. The van der Waals surface area contributed by atoms with Gasteiger partial charge < -0.3 is 14.8 Å². The summed E-state index contributed by atoms with van der Waals surface area (Å²) in [6.45, 7) is 5.23. The minimum absolute atomic E-state index is 0.620. The molecule has 2 rings (SSSR count). The second-order valence-electron chi connectivity index (χ2n) is 4.37. The molecule has 1 aromatic heterocycles. The van der Waals surface area contributed by atoms with Crippen LogP contribution in [0.4, 0.5) is 5.69 Å². The molecular formula is C16H20N2O2. The summed E-state index contributed by atoms with van der Waals surface area (Å²) < 4.78 is 11.0. The van der Waals surface area contributed by atoms with E-state index in [2.05, 4.69) is 10.3 Å². The Hall–Kier alpha value is -2.23. The summed E-state index contributed by atoms with van der Waals surface area (Å²) in [6.07, 6.45) is 1.79. The van der Waals surface area contributed by atoms with Crippen LogP contribution in [0.15, 0.2) is 36.5 Å². The first-order chi connectivity index (χ1) is 9.76. The number of aryl methyl sites for hydroxylation is 1. The van der Waals surface area contributed by atoms with E-state index in [0.717, 1.165) is 28.4 Å². The second kappa shape index (κ2) is 6.80. The van der Waals surface area contributed by atoms with Crippen molar-refractivity contribution in [3.8, 4) is 11.5 Å². The van der Waals surface area contributed by atoms with Crippen LogP contribution in [0.5, 0.6) is 11.5 Å². The highest BCUT2D eigenvalue weighted by atomic mass is 16.5. The fourth-order valence-corrected chi connectivity index (χ4v) is 2.06. The maximum Gasteiger partial charge on any atom is 0.165 e. The van der Waals surface area contributed by atoms with Crippen molar-refractivity contribution in [1.29, 1.82) is 0 Å². The summed E-state index contributed by atoms with van der Waals surface area (Å²) in [5.41, 5.74) is 3.06. The quantitative estimate of drug-likeness (QED) is 0.875. The molecule has 0 saturated heterocycles. The summed E-state index contributed by atoms with van der Waals surface area (Å²) in [4.78, 5) is 4.26. The number of hydrogen-bond acceptors (Lipinski definition) is 4. The van der Waals surface area contributed by atoms with Crippen LogP contribution in [0, 0.1) is 6.92 Å². The van der Waals surface area contributed by atoms with Crippen molar-refractivity contribution in [2.75, 3.05) is 19.0 Å². The first kappa shape index (κ1) is 14.2. The SMILES string of the molecule is CCOc1cccc(CNc2cccnc2C)c1OC. The van der Waals surface area contributed by atoms with Gasteiger partial charge >= 0.3 is 0 Å². The molecule has 0 atom stereocenters. The van der Waals surface area contributed by atoms with Crippen LogP contribution in [-0.4, -0.2) is 18.7 Å². The predicted molar refractivity (Wildman–Crippen MR) is 80.5 cm³/mol. The summed E-state index contributed by atoms with van der Waals surface area (Å²) in [7, 11) is 1.66. The third kappa shape index (κ3) is 3.20. The minimum Gasteiger partial charge on any atom is -0.493 e. The molecule has 4 nitrogen and oxygen atoms in total. The number of nitrogens with one attached hydrogen (secondary N) is 1. The molecule has 106 valence electrons. The smallest absolute Gasteiger partial charge is 0.165 e. The van der Waals surface area contributed by atoms with Crippen LogP contribution in [-0.2, 0) is 6.54 Å². The fraction of sp³-hybridized carbons (Fsp3) is 0.312. The Morgan fingerprint density at radius 3 is 2.75 bits per heavy atom. The largest absolute Gasteiger partial charge is 0.493 e. The van der Waals surface area contributed by atoms with Crippen molar-refractivity contribution in [3.05, 3.63) is 47.8 Å². The third-order valence-corrected chi connectivity index (χ3v) is 3.04. The van der Waals surface area contributed by atoms with Crippen molar-refractivity contribution in [3.63, 3.8) is 0 Å². The van der Waals surface area contributed by atoms with Gasteiger partial charge in [-0.05, 0) is 32.0 Å². The Morgan fingerprint density at radius 2 is 2.05 bits per heavy atom. The summed E-state index contributed by atoms with van der Waals surface area (Å²) in [5.74, 6) is 1.56. The van der Waals surface area contributed by atoms with Gasteiger partial charge in [0.15, 0.2) is 11.5 Å². The molecule has 0 bridgehead atoms. The van der Waals surface area contributed by atoms with Crippen LogP contribution in [0.1, 0.15) is 18.2 Å². The van der Waals surface area contributed by atoms with Gasteiger partial charge in [-0.15, -0.1) is 0 Å². The van der Waals surface area contributed by atoms with E-state index in [0.29, 0.717) is 13.2 Å². The Bertz CT molecular complexity index is 570. The number of benzene rings is 1. The maximum atomic E-state index is 5.58. The second-order valence-corrected chi connectivity index (χ2v) is 4.37. The van der Waals surface area contributed by atoms with Crippen molar-refractivity contribution in [2.45, 2.75) is 20.4 Å². The van der Waals surface area contributed by atoms with E-state index in [4.69, 9.17) is 9.47 Å². The summed E-state index contributed by atoms with van der Waals surface area (Å²) in [5, 5.41) is 3.38. The van der Waals surface area contributed by atoms with E-state index < -0.39 is 0 Å². The normalized spacial score (nSPS) is 10.2. The molecule has 1 heterocycles. The molecule has 1 aromatic carbocycles. The molecule has 0 aliphatic carbocycles. The van der Waals surface area contributed by atoms with E-state index in [9.17, 15) is 0 Å². The molecule has 0 amide bonds. The molecule has 20 heavy (non-hydrogen) atoms. The van der Waals surface area contributed by atoms with Crippen molar-refractivity contribution in [1.82, 2.24) is 4.98 Å². The Morgan fingerprint density at radius 1 is 1.20 bits per heavy atom. The van der Waals surface area contributed by atoms with E-state index in [-0.39, 0.29) is 0 Å². The number of aromatic nitrogens is 1. The van der Waals surface area contributed by atoms with Gasteiger partial charge in [-0.2, -0.15) is 0 Å². The number of ether oxygens (including phenoxy) is 2. The number of pyridine rings is 1. The van der Waals surface area contributed by atoms with Crippen molar-refractivity contribution < 1.29 is 9.47 Å². The number of nitrogens with zero attached hydrogens (tertiary/aromatic N) is 1. The van der Waals surface area contributed by atoms with Crippen molar-refractivity contribution in [2.24, 2.45) is 0 Å². The Labute approximate surface area is 119 Å². The Balaban J connectivity index is 2.17. The van der Waals surface area contributed by atoms with Gasteiger partial charge in [-0.1, -0.05) is 12.1 Å². The number of rotatable bonds is 6. The summed E-state index contributed by atoms with van der Waals surface area (Å²) in [6, 6.07) is 9.85. The molecule has 0 aliphatic heterocycles. The molecule has 0 unspecified atom stereocenters. The minimum atomic E-state index is 0.620. The number of methoxy groups -OCH3 is 1. The lowest BCUT2D eigenvalue weighted by molar-refractivity contribution is 0.309. The lowest BCUT2D eigenvalue weighted by atomic mass is 10.1. The molecule has 0 radical (unpaired) electrons. The first-order valence-electron chi connectivity index (χ1n) is 6.70. The van der Waals surface area contributed by atoms with Crippen LogP contribution < -0.4 is 14.8 Å². The van der Waals surface area contributed by atoms with Gasteiger partial charge in [0.1, 0.15) is 0 Å². The zero-order valence-electron chi connectivity index (χ0n) is 12.1. The van der Waals surface area contributed by atoms with Crippen LogP contribution in [0.25, 0.3) is 0 Å². The summed E-state index contributed by atoms with van der Waals surface area (Å²) >= 11 is 0. The highest BCUT2D eigenvalue weighted by Crippen LogP contribution is 2.31. The standard InChI is InChI=1S/C16H20N2O2/c1-4-20-15-9-5-7-13(16(15)19-3)11-18-14-8-6-10-17-12(14)2/h5-10,18H,4,11H2,1-3H3. The van der Waals surface area contributed by atoms with Gasteiger partial charge in [0, 0.05) is 18.3 Å². The topological polar surface area (TPSA) is 43.4 Å². The third-order valence-electron chi connectivity index (χ3n) is 3.04. The van der Waals surface area contributed by atoms with Crippen LogP contribution in [0.3, 0.4) is 0 Å². The van der Waals surface area contributed by atoms with Gasteiger partial charge in [-0.3, -0.25) is 4.98 Å². The zero-order chi connectivity index (χ0) is 14.4. The van der Waals surface area contributed by atoms with Crippen LogP contribution >= 0.6 is 0 Å². The number of hydrogen-bond donors (Lipinski definition) is 1. The van der Waals surface area contributed by atoms with Crippen LogP contribution in [0.2, 0.25) is 0 Å². The highest BCUT2D eigenvalue weighted by molar-refractivity contribution is 5.51. The van der Waals surface area contributed by atoms with Gasteiger partial charge in [0.05, 0.1) is 25.1 Å². The molecule has 0 aliphatic rings. The van der Waals surface area contributed by atoms with E-state index in [1.165, 1.54) is 0 Å². The molecule has 0 saturated carbocycles. The van der Waals surface area contributed by atoms with Gasteiger partial charge in [-0.25, -0.2) is 0 Å². The zero-order valence-corrected chi connectivity index (χ0v) is 12.1. The number of anilines is 1. The molecule has 4 heteroatoms. The lowest BCUT2D eigenvalue weighted by Gasteiger charge is -2.15. The van der Waals surface area contributed by atoms with Gasteiger partial charge in [0.2, 0.25) is 0 Å². The van der Waals surface area contributed by atoms with E-state index in [1.54, 1.807) is 13.3 Å². The molecule has 0 spiro atoms. The van der Waals surface area contributed by atoms with Crippen molar-refractivity contribution >= 4 is 5.69 Å². The Kier molecular flexibility index (Phi) is 4.82. The molecule has 2 aromatic rings. The molecule has 1 N–H and O–H groups in total. The fourth-order valence-electron chi connectivity index (χ4n) is 2.06. The van der Waals surface area contributed by atoms with E-state index in [1.807, 2.05) is 44.2 Å². The lowest BCUT2D eigenvalue weighted by Crippen LogP contribution is -2.05. The van der Waals surface area contributed by atoms with Gasteiger partial charge in [0.25, 0.3) is 0 Å². The average molecular weight is 272 g/mol. The first-order valence-corrected chi connectivity index (χ1v) is 6.70. The average Bonchev–Trinajstić information content (AvgIpc) is 2.47.